The van der Waals surface area contributed by atoms with Gasteiger partial charge in [0.2, 0.25) is 0 Å². The minimum atomic E-state index is -1.20. The fraction of sp³-hybridized carbons (Fsp3) is 0.308. The molecule has 0 aromatic heterocycles. The summed E-state index contributed by atoms with van der Waals surface area (Å²) in [6.45, 7) is 1.54. The summed E-state index contributed by atoms with van der Waals surface area (Å²) in [4.78, 5) is 33.8. The Balaban J connectivity index is 2.74. The van der Waals surface area contributed by atoms with Crippen LogP contribution in [0.15, 0.2) is 18.2 Å². The molecule has 1 rings (SSSR count). The van der Waals surface area contributed by atoms with E-state index in [-0.39, 0.29) is 24.4 Å². The number of carboxylic acid groups (broad SMARTS) is 1. The number of hydrogen-bond donors (Lipinski definition) is 3. The predicted octanol–water partition coefficient (Wildman–Crippen LogP) is 1.08. The summed E-state index contributed by atoms with van der Waals surface area (Å²) >= 11 is 0. The molecule has 1 aromatic rings. The van der Waals surface area contributed by atoms with Crippen molar-refractivity contribution in [3.8, 4) is 5.75 Å². The second-order valence-electron chi connectivity index (χ2n) is 3.83. The molecule has 0 aliphatic heterocycles. The molecule has 0 unspecified atom stereocenters. The van der Waals surface area contributed by atoms with E-state index in [1.165, 1.54) is 25.3 Å². The number of carbonyl (C=O) groups excluding carboxylic acids is 2. The van der Waals surface area contributed by atoms with Gasteiger partial charge >= 0.3 is 18.0 Å². The summed E-state index contributed by atoms with van der Waals surface area (Å²) in [5, 5.41) is 13.7. The van der Waals surface area contributed by atoms with Crippen LogP contribution in [-0.4, -0.2) is 43.3 Å². The van der Waals surface area contributed by atoms with Gasteiger partial charge in [-0.2, -0.15) is 0 Å². The molecular weight excluding hydrogens is 280 g/mol. The smallest absolute Gasteiger partial charge is 0.337 e. The molecular formula is C13H16N2O6. The number of esters is 1. The van der Waals surface area contributed by atoms with E-state index in [0.29, 0.717) is 5.75 Å². The molecule has 0 fully saturated rings. The Morgan fingerprint density at radius 1 is 1.29 bits per heavy atom. The zero-order chi connectivity index (χ0) is 15.8. The van der Waals surface area contributed by atoms with Crippen LogP contribution >= 0.6 is 0 Å². The summed E-state index contributed by atoms with van der Waals surface area (Å²) in [5.41, 5.74) is -0.0368. The highest BCUT2D eigenvalue weighted by Crippen LogP contribution is 2.22. The fourth-order valence-electron chi connectivity index (χ4n) is 1.47. The lowest BCUT2D eigenvalue weighted by Crippen LogP contribution is -2.34. The third kappa shape index (κ3) is 5.01. The molecule has 8 nitrogen and oxygen atoms in total. The first-order valence-corrected chi connectivity index (χ1v) is 6.09. The van der Waals surface area contributed by atoms with E-state index in [1.807, 2.05) is 0 Å². The molecule has 0 saturated heterocycles. The van der Waals surface area contributed by atoms with E-state index in [0.717, 1.165) is 0 Å². The maximum Gasteiger partial charge on any atom is 0.337 e. The number of nitrogens with one attached hydrogen (secondary N) is 2. The molecule has 1 aromatic carbocycles. The fourth-order valence-corrected chi connectivity index (χ4v) is 1.47. The van der Waals surface area contributed by atoms with Gasteiger partial charge in [0.05, 0.1) is 25.0 Å². The van der Waals surface area contributed by atoms with E-state index in [9.17, 15) is 14.4 Å². The Hall–Kier alpha value is -2.77. The molecule has 114 valence electrons. The molecule has 0 heterocycles. The predicted molar refractivity (Wildman–Crippen MR) is 73.6 cm³/mol. The van der Waals surface area contributed by atoms with Gasteiger partial charge < -0.3 is 25.2 Å². The number of benzene rings is 1. The van der Waals surface area contributed by atoms with Gasteiger partial charge in [0.15, 0.2) is 0 Å². The highest BCUT2D eigenvalue weighted by Gasteiger charge is 2.14. The number of aromatic carboxylic acids is 1. The molecule has 0 saturated carbocycles. The largest absolute Gasteiger partial charge is 0.497 e. The van der Waals surface area contributed by atoms with E-state index in [2.05, 4.69) is 15.4 Å². The molecule has 0 aliphatic carbocycles. The minimum absolute atomic E-state index is 0.0585. The van der Waals surface area contributed by atoms with E-state index >= 15 is 0 Å². The number of urea groups is 1. The summed E-state index contributed by atoms with van der Waals surface area (Å²) in [6, 6.07) is 3.42. The maximum atomic E-state index is 11.6. The Morgan fingerprint density at radius 2 is 2.00 bits per heavy atom. The monoisotopic (exact) mass is 296 g/mol. The van der Waals surface area contributed by atoms with Crippen molar-refractivity contribution in [3.05, 3.63) is 23.8 Å². The first kappa shape index (κ1) is 16.3. The molecule has 8 heteroatoms. The Bertz CT molecular complexity index is 543. The zero-order valence-electron chi connectivity index (χ0n) is 11.6. The third-order valence-corrected chi connectivity index (χ3v) is 2.40. The van der Waals surface area contributed by atoms with Crippen molar-refractivity contribution in [3.63, 3.8) is 0 Å². The quantitative estimate of drug-likeness (QED) is 0.677. The first-order valence-electron chi connectivity index (χ1n) is 6.09. The number of amides is 2. The summed E-state index contributed by atoms with van der Waals surface area (Å²) in [5.74, 6) is -1.39. The van der Waals surface area contributed by atoms with E-state index in [1.54, 1.807) is 6.92 Å². The Kier molecular flexibility index (Phi) is 5.99. The van der Waals surface area contributed by atoms with Crippen molar-refractivity contribution in [2.75, 3.05) is 25.6 Å². The summed E-state index contributed by atoms with van der Waals surface area (Å²) in [6.07, 6.45) is 0. The van der Waals surface area contributed by atoms with Gasteiger partial charge in [-0.1, -0.05) is 0 Å². The van der Waals surface area contributed by atoms with Gasteiger partial charge in [-0.05, 0) is 19.1 Å². The number of hydrogen-bond acceptors (Lipinski definition) is 5. The SMILES string of the molecule is CCOC(=O)CNC(=O)Nc1cc(OC)ccc1C(=O)O. The van der Waals surface area contributed by atoms with Crippen LogP contribution in [0, 0.1) is 0 Å². The van der Waals surface area contributed by atoms with E-state index in [4.69, 9.17) is 9.84 Å². The Labute approximate surface area is 121 Å². The normalized spacial score (nSPS) is 9.62. The van der Waals surface area contributed by atoms with Crippen molar-refractivity contribution in [2.45, 2.75) is 6.92 Å². The number of rotatable bonds is 6. The van der Waals surface area contributed by atoms with Crippen LogP contribution in [-0.2, 0) is 9.53 Å². The van der Waals surface area contributed by atoms with Crippen LogP contribution in [0.25, 0.3) is 0 Å². The van der Waals surface area contributed by atoms with E-state index < -0.39 is 18.0 Å². The Morgan fingerprint density at radius 3 is 2.57 bits per heavy atom. The number of ether oxygens (including phenoxy) is 2. The van der Waals surface area contributed by atoms with Crippen LogP contribution in [0.2, 0.25) is 0 Å². The van der Waals surface area contributed by atoms with Crippen LogP contribution in [0.5, 0.6) is 5.75 Å². The topological polar surface area (TPSA) is 114 Å². The highest BCUT2D eigenvalue weighted by molar-refractivity contribution is 6.00. The van der Waals surface area contributed by atoms with Crippen LogP contribution in [0.1, 0.15) is 17.3 Å². The van der Waals surface area contributed by atoms with Gasteiger partial charge in [0.1, 0.15) is 12.3 Å². The number of anilines is 1. The maximum absolute atomic E-state index is 11.6. The molecule has 21 heavy (non-hydrogen) atoms. The lowest BCUT2D eigenvalue weighted by Gasteiger charge is -2.11. The molecule has 3 N–H and O–H groups in total. The molecule has 2 amide bonds. The first-order chi connectivity index (χ1) is 9.97. The van der Waals surface area contributed by atoms with Crippen molar-refractivity contribution < 1.29 is 29.0 Å². The lowest BCUT2D eigenvalue weighted by atomic mass is 10.1. The van der Waals surface area contributed by atoms with Gasteiger partial charge in [0, 0.05) is 6.07 Å². The minimum Gasteiger partial charge on any atom is -0.497 e. The standard InChI is InChI=1S/C13H16N2O6/c1-3-21-11(16)7-14-13(19)15-10-6-8(20-2)4-5-9(10)12(17)18/h4-6H,3,7H2,1-2H3,(H,17,18)(H2,14,15,19). The van der Waals surface area contributed by atoms with Gasteiger partial charge in [-0.25, -0.2) is 9.59 Å². The zero-order valence-corrected chi connectivity index (χ0v) is 11.6. The van der Waals surface area contributed by atoms with Crippen LogP contribution in [0.3, 0.4) is 0 Å². The van der Waals surface area contributed by atoms with Gasteiger partial charge in [-0.15, -0.1) is 0 Å². The van der Waals surface area contributed by atoms with Crippen molar-refractivity contribution in [2.24, 2.45) is 0 Å². The lowest BCUT2D eigenvalue weighted by molar-refractivity contribution is -0.141. The van der Waals surface area contributed by atoms with Gasteiger partial charge in [-0.3, -0.25) is 4.79 Å². The molecule has 0 bridgehead atoms. The molecule has 0 atom stereocenters. The number of carbonyl (C=O) groups is 3. The van der Waals surface area contributed by atoms with Crippen LogP contribution in [0.4, 0.5) is 10.5 Å². The number of methoxy groups -OCH3 is 1. The van der Waals surface area contributed by atoms with Crippen molar-refractivity contribution in [1.29, 1.82) is 0 Å². The second-order valence-corrected chi connectivity index (χ2v) is 3.83. The molecule has 0 spiro atoms. The summed E-state index contributed by atoms with van der Waals surface area (Å²) < 4.78 is 9.61. The van der Waals surface area contributed by atoms with Crippen molar-refractivity contribution >= 4 is 23.7 Å². The second kappa shape index (κ2) is 7.73. The number of carboxylic acids is 1. The average Bonchev–Trinajstić information content (AvgIpc) is 2.45. The van der Waals surface area contributed by atoms with Gasteiger partial charge in [0.25, 0.3) is 0 Å². The average molecular weight is 296 g/mol. The molecule has 0 radical (unpaired) electrons. The highest BCUT2D eigenvalue weighted by atomic mass is 16.5. The van der Waals surface area contributed by atoms with Crippen LogP contribution < -0.4 is 15.4 Å². The summed E-state index contributed by atoms with van der Waals surface area (Å²) in [7, 11) is 1.42. The van der Waals surface area contributed by atoms with Crippen molar-refractivity contribution in [1.82, 2.24) is 5.32 Å². The molecule has 0 aliphatic rings. The third-order valence-electron chi connectivity index (χ3n) is 2.40.